The van der Waals surface area contributed by atoms with E-state index in [1.807, 2.05) is 7.05 Å². The van der Waals surface area contributed by atoms with Crippen LogP contribution in [-0.4, -0.2) is 13.6 Å². The number of aryl methyl sites for hydroxylation is 1. The molecule has 0 amide bonds. The summed E-state index contributed by atoms with van der Waals surface area (Å²) in [5.74, 6) is 0. The predicted molar refractivity (Wildman–Crippen MR) is 68.3 cm³/mol. The normalized spacial score (nSPS) is 9.57. The van der Waals surface area contributed by atoms with Crippen LogP contribution in [0.15, 0.2) is 28.7 Å². The Kier molecular flexibility index (Phi) is 8.24. The lowest BCUT2D eigenvalue weighted by molar-refractivity contribution is 0.677. The van der Waals surface area contributed by atoms with Crippen molar-refractivity contribution in [3.8, 4) is 0 Å². The van der Waals surface area contributed by atoms with Gasteiger partial charge in [0.2, 0.25) is 0 Å². The maximum absolute atomic E-state index is 3.47. The monoisotopic (exact) mass is 277 g/mol. The van der Waals surface area contributed by atoms with Crippen LogP contribution in [0.25, 0.3) is 0 Å². The van der Waals surface area contributed by atoms with Gasteiger partial charge in [0.1, 0.15) is 0 Å². The third-order valence-electron chi connectivity index (χ3n) is 2.03. The van der Waals surface area contributed by atoms with Gasteiger partial charge >= 0.3 is 0 Å². The molecule has 1 aromatic carbocycles. The first-order chi connectivity index (χ1) is 6.33. The van der Waals surface area contributed by atoms with Crippen molar-refractivity contribution in [3.05, 3.63) is 34.3 Å². The molecule has 0 heterocycles. The Balaban J connectivity index is 0.00000169. The molecule has 0 aliphatic carbocycles. The fourth-order valence-electron chi connectivity index (χ4n) is 1.32. The summed E-state index contributed by atoms with van der Waals surface area (Å²) in [7, 11) is 2.00. The lowest BCUT2D eigenvalue weighted by atomic mass is 10.1. The molecule has 0 aliphatic rings. The number of benzene rings is 1. The Morgan fingerprint density at radius 3 is 2.71 bits per heavy atom. The second kappa shape index (κ2) is 8.27. The van der Waals surface area contributed by atoms with Crippen LogP contribution in [-0.2, 0) is 6.42 Å². The highest BCUT2D eigenvalue weighted by atomic mass is 79.9. The molecule has 0 aromatic heterocycles. The van der Waals surface area contributed by atoms with E-state index in [2.05, 4.69) is 45.5 Å². The molecule has 0 spiro atoms. The van der Waals surface area contributed by atoms with Crippen LogP contribution in [0.4, 0.5) is 0 Å². The van der Waals surface area contributed by atoms with Gasteiger partial charge in [-0.3, -0.25) is 0 Å². The van der Waals surface area contributed by atoms with Crippen LogP contribution < -0.4 is 5.32 Å². The van der Waals surface area contributed by atoms with E-state index in [1.165, 1.54) is 29.3 Å². The first-order valence-corrected chi connectivity index (χ1v) is 5.51. The fourth-order valence-corrected chi connectivity index (χ4v) is 1.77. The van der Waals surface area contributed by atoms with E-state index in [1.54, 1.807) is 0 Å². The molecule has 0 fully saturated rings. The van der Waals surface area contributed by atoms with E-state index >= 15 is 0 Å². The van der Waals surface area contributed by atoms with E-state index in [0.29, 0.717) is 0 Å². The summed E-state index contributed by atoms with van der Waals surface area (Å²) in [6.45, 7) is 1.12. The number of hydrogen-bond donors (Lipinski definition) is 1. The van der Waals surface area contributed by atoms with E-state index in [0.717, 1.165) is 6.54 Å². The smallest absolute Gasteiger partial charge is 0.0177 e. The number of nitrogens with one attached hydrogen (secondary N) is 1. The molecule has 3 heteroatoms. The number of rotatable bonds is 5. The van der Waals surface area contributed by atoms with Gasteiger partial charge in [0.15, 0.2) is 0 Å². The lowest BCUT2D eigenvalue weighted by Crippen LogP contribution is -2.07. The zero-order chi connectivity index (χ0) is 9.52. The summed E-state index contributed by atoms with van der Waals surface area (Å²) >= 11 is 3.47. The van der Waals surface area contributed by atoms with Crippen molar-refractivity contribution in [2.45, 2.75) is 19.3 Å². The molecule has 80 valence electrons. The first-order valence-electron chi connectivity index (χ1n) is 4.72. The van der Waals surface area contributed by atoms with Gasteiger partial charge in [-0.25, -0.2) is 0 Å². The molecule has 0 unspecified atom stereocenters. The minimum Gasteiger partial charge on any atom is -0.320 e. The number of hydrogen-bond acceptors (Lipinski definition) is 1. The summed E-state index contributed by atoms with van der Waals surface area (Å²) in [5.41, 5.74) is 1.42. The Morgan fingerprint density at radius 1 is 1.29 bits per heavy atom. The van der Waals surface area contributed by atoms with E-state index in [4.69, 9.17) is 0 Å². The molecule has 1 aromatic rings. The molecule has 0 aliphatic heterocycles. The van der Waals surface area contributed by atoms with Crippen molar-refractivity contribution < 1.29 is 0 Å². The van der Waals surface area contributed by atoms with Crippen molar-refractivity contribution >= 4 is 28.3 Å². The average molecular weight is 279 g/mol. The first kappa shape index (κ1) is 13.9. The van der Waals surface area contributed by atoms with Crippen molar-refractivity contribution in [2.75, 3.05) is 13.6 Å². The second-order valence-electron chi connectivity index (χ2n) is 3.19. The lowest BCUT2D eigenvalue weighted by Gasteiger charge is -2.01. The summed E-state index contributed by atoms with van der Waals surface area (Å²) in [4.78, 5) is 0. The Hall–Kier alpha value is -0.0500. The molecular weight excluding hydrogens is 261 g/mol. The molecule has 1 nitrogen and oxygen atoms in total. The fraction of sp³-hybridized carbons (Fsp3) is 0.455. The Labute approximate surface area is 101 Å². The van der Waals surface area contributed by atoms with Crippen molar-refractivity contribution in [3.63, 3.8) is 0 Å². The maximum atomic E-state index is 3.47. The highest BCUT2D eigenvalue weighted by Crippen LogP contribution is 2.13. The van der Waals surface area contributed by atoms with E-state index < -0.39 is 0 Å². The zero-order valence-corrected chi connectivity index (χ0v) is 10.8. The molecule has 0 bridgehead atoms. The van der Waals surface area contributed by atoms with Crippen molar-refractivity contribution in [1.29, 1.82) is 0 Å². The van der Waals surface area contributed by atoms with Crippen LogP contribution >= 0.6 is 28.3 Å². The Morgan fingerprint density at radius 2 is 2.07 bits per heavy atom. The Bertz CT molecular complexity index is 253. The maximum Gasteiger partial charge on any atom is 0.0177 e. The van der Waals surface area contributed by atoms with Gasteiger partial charge in [0.05, 0.1) is 0 Å². The predicted octanol–water partition coefficient (Wildman–Crippen LogP) is 3.41. The van der Waals surface area contributed by atoms with Gasteiger partial charge < -0.3 is 5.32 Å². The number of halogens is 2. The summed E-state index contributed by atoms with van der Waals surface area (Å²) in [6.07, 6.45) is 3.70. The SMILES string of the molecule is CNCCCCc1cccc(Br)c1.Cl. The highest BCUT2D eigenvalue weighted by Gasteiger charge is 1.93. The average Bonchev–Trinajstić information content (AvgIpc) is 2.13. The van der Waals surface area contributed by atoms with Gasteiger partial charge in [-0.1, -0.05) is 28.1 Å². The topological polar surface area (TPSA) is 12.0 Å². The molecule has 1 rings (SSSR count). The molecule has 0 atom stereocenters. The minimum atomic E-state index is 0. The van der Waals surface area contributed by atoms with E-state index in [-0.39, 0.29) is 12.4 Å². The van der Waals surface area contributed by atoms with E-state index in [9.17, 15) is 0 Å². The molecule has 14 heavy (non-hydrogen) atoms. The van der Waals surface area contributed by atoms with Gasteiger partial charge in [0, 0.05) is 4.47 Å². The van der Waals surface area contributed by atoms with Crippen LogP contribution in [0.5, 0.6) is 0 Å². The highest BCUT2D eigenvalue weighted by molar-refractivity contribution is 9.10. The van der Waals surface area contributed by atoms with Gasteiger partial charge in [-0.05, 0) is 50.6 Å². The second-order valence-corrected chi connectivity index (χ2v) is 4.11. The quantitative estimate of drug-likeness (QED) is 0.814. The van der Waals surface area contributed by atoms with Crippen LogP contribution in [0.2, 0.25) is 0 Å². The van der Waals surface area contributed by atoms with Gasteiger partial charge in [-0.15, -0.1) is 12.4 Å². The van der Waals surface area contributed by atoms with Gasteiger partial charge in [0.25, 0.3) is 0 Å². The van der Waals surface area contributed by atoms with Crippen LogP contribution in [0, 0.1) is 0 Å². The molecule has 0 saturated carbocycles. The standard InChI is InChI=1S/C11H16BrN.ClH/c1-13-8-3-2-5-10-6-4-7-11(12)9-10;/h4,6-7,9,13H,2-3,5,8H2,1H3;1H. The summed E-state index contributed by atoms with van der Waals surface area (Å²) < 4.78 is 1.18. The van der Waals surface area contributed by atoms with Gasteiger partial charge in [-0.2, -0.15) is 0 Å². The minimum absolute atomic E-state index is 0. The van der Waals surface area contributed by atoms with Crippen molar-refractivity contribution in [2.24, 2.45) is 0 Å². The van der Waals surface area contributed by atoms with Crippen LogP contribution in [0.1, 0.15) is 18.4 Å². The third kappa shape index (κ3) is 5.63. The number of unbranched alkanes of at least 4 members (excludes halogenated alkanes) is 1. The molecule has 0 radical (unpaired) electrons. The zero-order valence-electron chi connectivity index (χ0n) is 8.42. The summed E-state index contributed by atoms with van der Waals surface area (Å²) in [5, 5.41) is 3.16. The largest absolute Gasteiger partial charge is 0.320 e. The molecule has 1 N–H and O–H groups in total. The summed E-state index contributed by atoms with van der Waals surface area (Å²) in [6, 6.07) is 8.54. The van der Waals surface area contributed by atoms with Crippen molar-refractivity contribution in [1.82, 2.24) is 5.32 Å². The van der Waals surface area contributed by atoms with Crippen LogP contribution in [0.3, 0.4) is 0 Å². The molecule has 0 saturated heterocycles. The third-order valence-corrected chi connectivity index (χ3v) is 2.52. The molecular formula is C11H17BrClN.